The van der Waals surface area contributed by atoms with Crippen LogP contribution in [0, 0.1) is 17.8 Å². The van der Waals surface area contributed by atoms with Gasteiger partial charge in [-0.1, -0.05) is 19.8 Å². The molecule has 0 unspecified atom stereocenters. The first kappa shape index (κ1) is 25.2. The number of anilines is 1. The lowest BCUT2D eigenvalue weighted by atomic mass is 9.80. The van der Waals surface area contributed by atoms with Crippen LogP contribution in [0.2, 0.25) is 0 Å². The van der Waals surface area contributed by atoms with Crippen LogP contribution < -0.4 is 14.9 Å². The Balaban J connectivity index is 1.28. The second kappa shape index (κ2) is 10.4. The fourth-order valence-electron chi connectivity index (χ4n) is 6.03. The summed E-state index contributed by atoms with van der Waals surface area (Å²) in [6.45, 7) is 6.13. The Morgan fingerprint density at radius 2 is 1.74 bits per heavy atom. The Bertz CT molecular complexity index is 1020. The third kappa shape index (κ3) is 5.48. The van der Waals surface area contributed by atoms with Gasteiger partial charge in [0.25, 0.3) is 0 Å². The molecule has 7 nitrogen and oxygen atoms in total. The fourth-order valence-corrected chi connectivity index (χ4v) is 7.19. The molecule has 0 spiro atoms. The molecule has 0 radical (unpaired) electrons. The van der Waals surface area contributed by atoms with Crippen LogP contribution in [0.15, 0.2) is 23.1 Å². The van der Waals surface area contributed by atoms with Crippen LogP contribution in [0.5, 0.6) is 0 Å². The van der Waals surface area contributed by atoms with Crippen molar-refractivity contribution in [2.75, 3.05) is 11.4 Å². The van der Waals surface area contributed by atoms with Crippen molar-refractivity contribution in [2.24, 2.45) is 17.8 Å². The maximum atomic E-state index is 12.9. The Morgan fingerprint density at radius 3 is 2.41 bits per heavy atom. The van der Waals surface area contributed by atoms with Gasteiger partial charge in [0, 0.05) is 37.2 Å². The molecule has 0 bridgehead atoms. The number of nitrogens with one attached hydrogen (secondary N) is 2. The van der Waals surface area contributed by atoms with Gasteiger partial charge in [-0.05, 0) is 87.5 Å². The molecule has 2 N–H and O–H groups in total. The molecule has 0 aromatic heterocycles. The molecular formula is C26H39N3O4S. The first-order chi connectivity index (χ1) is 16.2. The minimum absolute atomic E-state index is 0.0301. The van der Waals surface area contributed by atoms with Crippen LogP contribution in [-0.2, 0) is 26.0 Å². The molecule has 8 heteroatoms. The number of amides is 2. The number of benzene rings is 1. The molecule has 3 atom stereocenters. The Hall–Kier alpha value is -1.93. The summed E-state index contributed by atoms with van der Waals surface area (Å²) < 4.78 is 28.7. The summed E-state index contributed by atoms with van der Waals surface area (Å²) in [5.74, 6) is 0.999. The van der Waals surface area contributed by atoms with Gasteiger partial charge in [0.2, 0.25) is 21.8 Å². The average Bonchev–Trinajstić information content (AvgIpc) is 3.14. The predicted molar refractivity (Wildman–Crippen MR) is 133 cm³/mol. The third-order valence-corrected chi connectivity index (χ3v) is 9.56. The normalized spacial score (nSPS) is 29.5. The van der Waals surface area contributed by atoms with Gasteiger partial charge < -0.3 is 10.2 Å². The zero-order valence-electron chi connectivity index (χ0n) is 20.7. The molecule has 2 fully saturated rings. The molecule has 2 saturated carbocycles. The number of carbonyl (C=O) groups is 2. The van der Waals surface area contributed by atoms with E-state index in [2.05, 4.69) is 17.0 Å². The first-order valence-corrected chi connectivity index (χ1v) is 14.4. The van der Waals surface area contributed by atoms with Crippen molar-refractivity contribution in [1.29, 1.82) is 0 Å². The lowest BCUT2D eigenvalue weighted by molar-refractivity contribution is -0.127. The maximum absolute atomic E-state index is 12.9. The van der Waals surface area contributed by atoms with Crippen LogP contribution >= 0.6 is 0 Å². The highest BCUT2D eigenvalue weighted by molar-refractivity contribution is 7.89. The highest BCUT2D eigenvalue weighted by Crippen LogP contribution is 2.34. The van der Waals surface area contributed by atoms with E-state index in [1.807, 2.05) is 6.92 Å². The molecule has 1 heterocycles. The number of rotatable bonds is 6. The van der Waals surface area contributed by atoms with E-state index in [-0.39, 0.29) is 34.6 Å². The molecule has 1 aromatic carbocycles. The summed E-state index contributed by atoms with van der Waals surface area (Å²) in [6.07, 6.45) is 8.73. The molecule has 2 aliphatic carbocycles. The molecule has 4 rings (SSSR count). The fraction of sp³-hybridized carbons (Fsp3) is 0.692. The van der Waals surface area contributed by atoms with Gasteiger partial charge in [-0.25, -0.2) is 13.1 Å². The van der Waals surface area contributed by atoms with Crippen LogP contribution in [0.4, 0.5) is 5.69 Å². The summed E-state index contributed by atoms with van der Waals surface area (Å²) in [4.78, 5) is 26.7. The Morgan fingerprint density at radius 1 is 1.03 bits per heavy atom. The van der Waals surface area contributed by atoms with Crippen molar-refractivity contribution in [3.8, 4) is 0 Å². The summed E-state index contributed by atoms with van der Waals surface area (Å²) in [5, 5.41) is 3.29. The van der Waals surface area contributed by atoms with E-state index >= 15 is 0 Å². The van der Waals surface area contributed by atoms with Crippen molar-refractivity contribution in [2.45, 2.75) is 95.5 Å². The zero-order chi connectivity index (χ0) is 24.5. The summed E-state index contributed by atoms with van der Waals surface area (Å²) in [5.41, 5.74) is 1.70. The van der Waals surface area contributed by atoms with Gasteiger partial charge >= 0.3 is 0 Å². The Labute approximate surface area is 204 Å². The minimum atomic E-state index is -3.62. The maximum Gasteiger partial charge on any atom is 0.240 e. The smallest absolute Gasteiger partial charge is 0.240 e. The van der Waals surface area contributed by atoms with Gasteiger partial charge in [-0.2, -0.15) is 0 Å². The first-order valence-electron chi connectivity index (χ1n) is 12.9. The molecule has 2 amide bonds. The van der Waals surface area contributed by atoms with Gasteiger partial charge in [-0.3, -0.25) is 9.59 Å². The number of fused-ring (bicyclic) bond motifs is 1. The molecular weight excluding hydrogens is 450 g/mol. The van der Waals surface area contributed by atoms with Crippen molar-refractivity contribution in [1.82, 2.24) is 10.0 Å². The SMILES string of the molecule is CC(=O)N1c2ccc(S(=O)(=O)NCC3CCC(C(=O)N[C@@H]4CCCC[C@@H]4C)CC3)cc2C[C@H]1C. The molecule has 1 aliphatic heterocycles. The van der Waals surface area contributed by atoms with Gasteiger partial charge in [0.05, 0.1) is 4.90 Å². The van der Waals surface area contributed by atoms with Crippen LogP contribution in [0.1, 0.15) is 77.7 Å². The highest BCUT2D eigenvalue weighted by atomic mass is 32.2. The van der Waals surface area contributed by atoms with Crippen molar-refractivity contribution < 1.29 is 18.0 Å². The van der Waals surface area contributed by atoms with Crippen molar-refractivity contribution in [3.63, 3.8) is 0 Å². The quantitative estimate of drug-likeness (QED) is 0.636. The molecule has 1 aromatic rings. The van der Waals surface area contributed by atoms with E-state index in [1.165, 1.54) is 26.2 Å². The van der Waals surface area contributed by atoms with E-state index < -0.39 is 10.0 Å². The lowest BCUT2D eigenvalue weighted by Gasteiger charge is -2.33. The Kier molecular flexibility index (Phi) is 7.67. The number of sulfonamides is 1. The minimum Gasteiger partial charge on any atom is -0.353 e. The van der Waals surface area contributed by atoms with E-state index in [1.54, 1.807) is 23.1 Å². The lowest BCUT2D eigenvalue weighted by Crippen LogP contribution is -2.44. The molecule has 3 aliphatic rings. The van der Waals surface area contributed by atoms with Gasteiger partial charge in [0.1, 0.15) is 0 Å². The van der Waals surface area contributed by atoms with Crippen molar-refractivity contribution >= 4 is 27.5 Å². The third-order valence-electron chi connectivity index (χ3n) is 8.13. The molecule has 0 saturated heterocycles. The van der Waals surface area contributed by atoms with Gasteiger partial charge in [-0.15, -0.1) is 0 Å². The zero-order valence-corrected chi connectivity index (χ0v) is 21.5. The number of hydrogen-bond acceptors (Lipinski definition) is 4. The van der Waals surface area contributed by atoms with E-state index in [0.717, 1.165) is 43.4 Å². The number of hydrogen-bond donors (Lipinski definition) is 2. The summed E-state index contributed by atoms with van der Waals surface area (Å²) in [7, 11) is -3.62. The molecule has 34 heavy (non-hydrogen) atoms. The number of nitrogens with zero attached hydrogens (tertiary/aromatic N) is 1. The standard InChI is InChI=1S/C26H39N3O4S/c1-17-6-4-5-7-24(17)28-26(31)21-10-8-20(9-11-21)16-27-34(32,33)23-12-13-25-22(15-23)14-18(2)29(25)19(3)30/h12-13,15,17-18,20-21,24,27H,4-11,14,16H2,1-3H3,(H,28,31)/t17-,18+,20?,21?,24+/m0/s1. The van der Waals surface area contributed by atoms with Gasteiger partial charge in [0.15, 0.2) is 0 Å². The van der Waals surface area contributed by atoms with E-state index in [4.69, 9.17) is 0 Å². The van der Waals surface area contributed by atoms with Crippen molar-refractivity contribution in [3.05, 3.63) is 23.8 Å². The monoisotopic (exact) mass is 489 g/mol. The van der Waals surface area contributed by atoms with Crippen LogP contribution in [0.3, 0.4) is 0 Å². The van der Waals surface area contributed by atoms with Crippen LogP contribution in [-0.4, -0.2) is 38.9 Å². The second-order valence-electron chi connectivity index (χ2n) is 10.7. The summed E-state index contributed by atoms with van der Waals surface area (Å²) in [6, 6.07) is 5.37. The van der Waals surface area contributed by atoms with E-state index in [0.29, 0.717) is 24.9 Å². The summed E-state index contributed by atoms with van der Waals surface area (Å²) >= 11 is 0. The van der Waals surface area contributed by atoms with Crippen LogP contribution in [0.25, 0.3) is 0 Å². The predicted octanol–water partition coefficient (Wildman–Crippen LogP) is 3.76. The van der Waals surface area contributed by atoms with E-state index in [9.17, 15) is 18.0 Å². The largest absolute Gasteiger partial charge is 0.353 e. The topological polar surface area (TPSA) is 95.6 Å². The second-order valence-corrected chi connectivity index (χ2v) is 12.4. The average molecular weight is 490 g/mol. The molecule has 188 valence electrons. The highest BCUT2D eigenvalue weighted by Gasteiger charge is 2.32. The number of carbonyl (C=O) groups excluding carboxylic acids is 2.